The van der Waals surface area contributed by atoms with Gasteiger partial charge in [0.1, 0.15) is 11.6 Å². The molecule has 0 spiro atoms. The molecule has 1 aromatic heterocycles. The van der Waals surface area contributed by atoms with Gasteiger partial charge in [0, 0.05) is 12.5 Å². The number of likely N-dealkylation sites (N-methyl/N-ethyl adjacent to an activating group) is 1. The zero-order chi connectivity index (χ0) is 12.8. The van der Waals surface area contributed by atoms with E-state index in [9.17, 15) is 4.39 Å². The van der Waals surface area contributed by atoms with Crippen molar-refractivity contribution in [1.29, 1.82) is 0 Å². The van der Waals surface area contributed by atoms with Crippen LogP contribution in [-0.4, -0.2) is 13.1 Å². The molecule has 1 heterocycles. The number of hydrogen-bond acceptors (Lipinski definition) is 2. The van der Waals surface area contributed by atoms with E-state index in [1.807, 2.05) is 25.2 Å². The van der Waals surface area contributed by atoms with Gasteiger partial charge < -0.3 is 9.73 Å². The van der Waals surface area contributed by atoms with E-state index in [-0.39, 0.29) is 5.82 Å². The van der Waals surface area contributed by atoms with Gasteiger partial charge in [-0.05, 0) is 49.7 Å². The molecule has 1 unspecified atom stereocenters. The molecule has 1 N–H and O–H groups in total. The highest BCUT2D eigenvalue weighted by atomic mass is 19.1. The Morgan fingerprint density at radius 2 is 2.17 bits per heavy atom. The first-order valence-electron chi connectivity index (χ1n) is 6.22. The van der Waals surface area contributed by atoms with Crippen LogP contribution in [0.15, 0.2) is 47.1 Å². The predicted octanol–water partition coefficient (Wildman–Crippen LogP) is 3.18. The van der Waals surface area contributed by atoms with E-state index < -0.39 is 0 Å². The maximum Gasteiger partial charge on any atom is 0.123 e. The average Bonchev–Trinajstić information content (AvgIpc) is 2.87. The summed E-state index contributed by atoms with van der Waals surface area (Å²) in [5, 5.41) is 3.27. The first kappa shape index (κ1) is 12.8. The summed E-state index contributed by atoms with van der Waals surface area (Å²) in [6.07, 6.45) is 4.39. The number of furan rings is 1. The Morgan fingerprint density at radius 1 is 1.28 bits per heavy atom. The number of rotatable bonds is 6. The van der Waals surface area contributed by atoms with Crippen molar-refractivity contribution >= 4 is 0 Å². The Kier molecular flexibility index (Phi) is 4.53. The van der Waals surface area contributed by atoms with Gasteiger partial charge in [-0.1, -0.05) is 12.1 Å². The zero-order valence-corrected chi connectivity index (χ0v) is 10.5. The molecule has 2 rings (SSSR count). The molecule has 0 fully saturated rings. The van der Waals surface area contributed by atoms with Crippen molar-refractivity contribution < 1.29 is 8.81 Å². The van der Waals surface area contributed by atoms with Crippen molar-refractivity contribution in [3.63, 3.8) is 0 Å². The third-order valence-corrected chi connectivity index (χ3v) is 3.10. The Bertz CT molecular complexity index is 467. The smallest absolute Gasteiger partial charge is 0.123 e. The van der Waals surface area contributed by atoms with Gasteiger partial charge in [-0.15, -0.1) is 0 Å². The fraction of sp³-hybridized carbons (Fsp3) is 0.333. The number of benzene rings is 1. The van der Waals surface area contributed by atoms with Crippen LogP contribution in [-0.2, 0) is 12.8 Å². The lowest BCUT2D eigenvalue weighted by atomic mass is 10.0. The van der Waals surface area contributed by atoms with Crippen LogP contribution in [0.25, 0.3) is 0 Å². The van der Waals surface area contributed by atoms with Crippen LogP contribution in [0.3, 0.4) is 0 Å². The highest BCUT2D eigenvalue weighted by molar-refractivity contribution is 5.17. The molecular formula is C15H18FNO. The number of halogens is 1. The summed E-state index contributed by atoms with van der Waals surface area (Å²) >= 11 is 0. The molecule has 0 aliphatic rings. The predicted molar refractivity (Wildman–Crippen MR) is 70.0 cm³/mol. The number of aryl methyl sites for hydroxylation is 1. The summed E-state index contributed by atoms with van der Waals surface area (Å²) < 4.78 is 18.4. The zero-order valence-electron chi connectivity index (χ0n) is 10.5. The lowest BCUT2D eigenvalue weighted by Gasteiger charge is -2.15. The first-order valence-corrected chi connectivity index (χ1v) is 6.22. The molecule has 0 saturated heterocycles. The van der Waals surface area contributed by atoms with Crippen LogP contribution >= 0.6 is 0 Å². The number of hydrogen-bond donors (Lipinski definition) is 1. The molecule has 1 atom stereocenters. The topological polar surface area (TPSA) is 25.2 Å². The van der Waals surface area contributed by atoms with Crippen molar-refractivity contribution in [2.75, 3.05) is 7.05 Å². The maximum atomic E-state index is 13.1. The minimum absolute atomic E-state index is 0.173. The standard InChI is InChI=1S/C15H18FNO/c1-17-14(7-8-15-6-3-9-18-15)11-12-4-2-5-13(16)10-12/h2-6,9-10,14,17H,7-8,11H2,1H3. The highest BCUT2D eigenvalue weighted by Crippen LogP contribution is 2.11. The Labute approximate surface area is 107 Å². The van der Waals surface area contributed by atoms with Gasteiger partial charge in [0.15, 0.2) is 0 Å². The lowest BCUT2D eigenvalue weighted by molar-refractivity contribution is 0.459. The molecular weight excluding hydrogens is 229 g/mol. The van der Waals surface area contributed by atoms with E-state index in [2.05, 4.69) is 5.32 Å². The van der Waals surface area contributed by atoms with E-state index in [1.54, 1.807) is 18.4 Å². The molecule has 2 aromatic rings. The van der Waals surface area contributed by atoms with E-state index in [0.717, 1.165) is 30.6 Å². The summed E-state index contributed by atoms with van der Waals surface area (Å²) in [5.41, 5.74) is 1.02. The van der Waals surface area contributed by atoms with Crippen LogP contribution in [0.5, 0.6) is 0 Å². The fourth-order valence-electron chi connectivity index (χ4n) is 2.07. The van der Waals surface area contributed by atoms with Gasteiger partial charge in [0.2, 0.25) is 0 Å². The third-order valence-electron chi connectivity index (χ3n) is 3.10. The average molecular weight is 247 g/mol. The lowest BCUT2D eigenvalue weighted by Crippen LogP contribution is -2.28. The van der Waals surface area contributed by atoms with Crippen LogP contribution in [0.1, 0.15) is 17.7 Å². The molecule has 1 aromatic carbocycles. The molecule has 0 aliphatic heterocycles. The summed E-state index contributed by atoms with van der Waals surface area (Å²) in [5.74, 6) is 0.822. The Morgan fingerprint density at radius 3 is 2.83 bits per heavy atom. The van der Waals surface area contributed by atoms with E-state index in [0.29, 0.717) is 6.04 Å². The molecule has 0 bridgehead atoms. The fourth-order valence-corrected chi connectivity index (χ4v) is 2.07. The van der Waals surface area contributed by atoms with Crippen molar-refractivity contribution in [2.24, 2.45) is 0 Å². The van der Waals surface area contributed by atoms with Crippen LogP contribution in [0.4, 0.5) is 4.39 Å². The normalized spacial score (nSPS) is 12.6. The molecule has 0 amide bonds. The second kappa shape index (κ2) is 6.36. The second-order valence-electron chi connectivity index (χ2n) is 4.44. The van der Waals surface area contributed by atoms with Crippen LogP contribution < -0.4 is 5.32 Å². The SMILES string of the molecule is CNC(CCc1ccco1)Cc1cccc(F)c1. The van der Waals surface area contributed by atoms with E-state index in [4.69, 9.17) is 4.42 Å². The summed E-state index contributed by atoms with van der Waals surface area (Å²) in [7, 11) is 1.94. The van der Waals surface area contributed by atoms with Gasteiger partial charge in [-0.25, -0.2) is 4.39 Å². The quantitative estimate of drug-likeness (QED) is 0.848. The minimum atomic E-state index is -0.173. The summed E-state index contributed by atoms with van der Waals surface area (Å²) in [6.45, 7) is 0. The van der Waals surface area contributed by atoms with Crippen molar-refractivity contribution in [3.05, 3.63) is 59.8 Å². The minimum Gasteiger partial charge on any atom is -0.469 e. The van der Waals surface area contributed by atoms with Crippen LogP contribution in [0.2, 0.25) is 0 Å². The largest absolute Gasteiger partial charge is 0.469 e. The van der Waals surface area contributed by atoms with Gasteiger partial charge >= 0.3 is 0 Å². The highest BCUT2D eigenvalue weighted by Gasteiger charge is 2.09. The molecule has 0 radical (unpaired) electrons. The Balaban J connectivity index is 1.89. The first-order chi connectivity index (χ1) is 8.78. The Hall–Kier alpha value is -1.61. The number of nitrogens with one attached hydrogen (secondary N) is 1. The maximum absolute atomic E-state index is 13.1. The molecule has 0 aliphatic carbocycles. The summed E-state index contributed by atoms with van der Waals surface area (Å²) in [4.78, 5) is 0. The molecule has 18 heavy (non-hydrogen) atoms. The van der Waals surface area contributed by atoms with Crippen molar-refractivity contribution in [3.8, 4) is 0 Å². The molecule has 96 valence electrons. The van der Waals surface area contributed by atoms with Crippen molar-refractivity contribution in [1.82, 2.24) is 5.32 Å². The van der Waals surface area contributed by atoms with Gasteiger partial charge in [-0.2, -0.15) is 0 Å². The summed E-state index contributed by atoms with van der Waals surface area (Å²) in [6, 6.07) is 11.0. The second-order valence-corrected chi connectivity index (χ2v) is 4.44. The molecule has 0 saturated carbocycles. The monoisotopic (exact) mass is 247 g/mol. The van der Waals surface area contributed by atoms with Gasteiger partial charge in [0.25, 0.3) is 0 Å². The molecule has 2 nitrogen and oxygen atoms in total. The van der Waals surface area contributed by atoms with E-state index >= 15 is 0 Å². The van der Waals surface area contributed by atoms with E-state index in [1.165, 1.54) is 6.07 Å². The van der Waals surface area contributed by atoms with Gasteiger partial charge in [0.05, 0.1) is 6.26 Å². The van der Waals surface area contributed by atoms with Crippen molar-refractivity contribution in [2.45, 2.75) is 25.3 Å². The van der Waals surface area contributed by atoms with Gasteiger partial charge in [-0.3, -0.25) is 0 Å². The van der Waals surface area contributed by atoms with Crippen LogP contribution in [0, 0.1) is 5.82 Å². The third kappa shape index (κ3) is 3.70. The molecule has 3 heteroatoms.